The fourth-order valence-electron chi connectivity index (χ4n) is 4.12. The van der Waals surface area contributed by atoms with Crippen molar-refractivity contribution < 1.29 is 14.0 Å². The van der Waals surface area contributed by atoms with Crippen LogP contribution in [0.2, 0.25) is 5.02 Å². The van der Waals surface area contributed by atoms with Crippen molar-refractivity contribution in [2.75, 3.05) is 65.4 Å². The minimum absolute atomic E-state index is 0.0202. The quantitative estimate of drug-likeness (QED) is 0.689. The van der Waals surface area contributed by atoms with Gasteiger partial charge in [-0.15, -0.1) is 0 Å². The number of hydrogen-bond donors (Lipinski definition) is 1. The molecule has 1 aromatic carbocycles. The van der Waals surface area contributed by atoms with E-state index in [9.17, 15) is 14.0 Å². The molecule has 0 spiro atoms. The standard InChI is InChI=1S/C23H35ClFN5O2/c1-23(2,3)26-21(31)16-28-11-13-30(14-12-28)22(32)17-29-9-7-27(8-10-29)15-18-19(24)5-4-6-20(18)25/h4-6H,7-17H2,1-3H3,(H,26,31). The second kappa shape index (κ2) is 10.9. The molecule has 2 amide bonds. The number of hydrogen-bond acceptors (Lipinski definition) is 5. The van der Waals surface area contributed by atoms with Crippen LogP contribution in [0, 0.1) is 5.82 Å². The van der Waals surface area contributed by atoms with Gasteiger partial charge in [-0.2, -0.15) is 0 Å². The van der Waals surface area contributed by atoms with Gasteiger partial charge in [0.2, 0.25) is 11.8 Å². The molecule has 2 fully saturated rings. The highest BCUT2D eigenvalue weighted by atomic mass is 35.5. The van der Waals surface area contributed by atoms with Crippen molar-refractivity contribution in [2.24, 2.45) is 0 Å². The molecule has 1 aromatic rings. The first-order chi connectivity index (χ1) is 15.1. The smallest absolute Gasteiger partial charge is 0.236 e. The van der Waals surface area contributed by atoms with Crippen molar-refractivity contribution in [1.29, 1.82) is 0 Å². The summed E-state index contributed by atoms with van der Waals surface area (Å²) in [7, 11) is 0. The number of piperazine rings is 2. The van der Waals surface area contributed by atoms with Gasteiger partial charge >= 0.3 is 0 Å². The number of amides is 2. The molecule has 2 aliphatic heterocycles. The summed E-state index contributed by atoms with van der Waals surface area (Å²) in [6.45, 7) is 13.0. The van der Waals surface area contributed by atoms with Gasteiger partial charge in [-0.3, -0.25) is 24.3 Å². The Morgan fingerprint density at radius 3 is 2.09 bits per heavy atom. The summed E-state index contributed by atoms with van der Waals surface area (Å²) in [5, 5.41) is 3.44. The SMILES string of the molecule is CC(C)(C)NC(=O)CN1CCN(C(=O)CN2CCN(Cc3c(F)cccc3Cl)CC2)CC1. The van der Waals surface area contributed by atoms with Crippen LogP contribution in [0.4, 0.5) is 4.39 Å². The second-order valence-corrected chi connectivity index (χ2v) is 10.1. The molecule has 9 heteroatoms. The lowest BCUT2D eigenvalue weighted by Gasteiger charge is -2.38. The highest BCUT2D eigenvalue weighted by molar-refractivity contribution is 6.31. The zero-order valence-corrected chi connectivity index (χ0v) is 20.1. The Morgan fingerprint density at radius 1 is 0.938 bits per heavy atom. The largest absolute Gasteiger partial charge is 0.350 e. The molecule has 2 saturated heterocycles. The summed E-state index contributed by atoms with van der Waals surface area (Å²) in [6.07, 6.45) is 0. The summed E-state index contributed by atoms with van der Waals surface area (Å²) in [6, 6.07) is 4.77. The van der Waals surface area contributed by atoms with E-state index in [1.54, 1.807) is 12.1 Å². The molecule has 7 nitrogen and oxygen atoms in total. The third-order valence-corrected chi connectivity index (χ3v) is 6.23. The Hall–Kier alpha value is -1.74. The average Bonchev–Trinajstić information content (AvgIpc) is 2.71. The van der Waals surface area contributed by atoms with E-state index in [2.05, 4.69) is 20.0 Å². The number of nitrogens with zero attached hydrogens (tertiary/aromatic N) is 4. The molecule has 2 aliphatic rings. The molecule has 3 rings (SSSR count). The van der Waals surface area contributed by atoms with Crippen molar-refractivity contribution in [1.82, 2.24) is 24.9 Å². The van der Waals surface area contributed by atoms with Crippen LogP contribution < -0.4 is 5.32 Å². The lowest BCUT2D eigenvalue weighted by Crippen LogP contribution is -2.55. The number of nitrogens with one attached hydrogen (secondary N) is 1. The van der Waals surface area contributed by atoms with Crippen LogP contribution in [-0.2, 0) is 16.1 Å². The van der Waals surface area contributed by atoms with Crippen molar-refractivity contribution in [3.05, 3.63) is 34.6 Å². The Balaban J connectivity index is 1.37. The Bertz CT molecular complexity index is 780. The predicted molar refractivity (Wildman–Crippen MR) is 124 cm³/mol. The van der Waals surface area contributed by atoms with Gasteiger partial charge in [-0.1, -0.05) is 17.7 Å². The van der Waals surface area contributed by atoms with Crippen LogP contribution in [0.15, 0.2) is 18.2 Å². The van der Waals surface area contributed by atoms with E-state index >= 15 is 0 Å². The van der Waals surface area contributed by atoms with Crippen LogP contribution >= 0.6 is 11.6 Å². The van der Waals surface area contributed by atoms with Crippen LogP contribution in [0.3, 0.4) is 0 Å². The highest BCUT2D eigenvalue weighted by Crippen LogP contribution is 2.21. The first kappa shape index (κ1) is 24.9. The van der Waals surface area contributed by atoms with Gasteiger partial charge in [0.15, 0.2) is 0 Å². The molecule has 0 saturated carbocycles. The summed E-state index contributed by atoms with van der Waals surface area (Å²) >= 11 is 6.15. The van der Waals surface area contributed by atoms with Gasteiger partial charge in [-0.05, 0) is 32.9 Å². The number of carbonyl (C=O) groups excluding carboxylic acids is 2. The van der Waals surface area contributed by atoms with Crippen LogP contribution in [0.5, 0.6) is 0 Å². The molecule has 0 unspecified atom stereocenters. The van der Waals surface area contributed by atoms with E-state index in [-0.39, 0.29) is 23.2 Å². The molecular formula is C23H35ClFN5O2. The maximum absolute atomic E-state index is 14.0. The number of rotatable bonds is 6. The summed E-state index contributed by atoms with van der Waals surface area (Å²) in [5.41, 5.74) is 0.299. The number of benzene rings is 1. The van der Waals surface area contributed by atoms with E-state index in [0.717, 1.165) is 26.2 Å². The maximum atomic E-state index is 14.0. The van der Waals surface area contributed by atoms with Gasteiger partial charge < -0.3 is 10.2 Å². The molecular weight excluding hydrogens is 433 g/mol. The Labute approximate surface area is 195 Å². The zero-order valence-electron chi connectivity index (χ0n) is 19.4. The van der Waals surface area contributed by atoms with E-state index in [1.165, 1.54) is 6.07 Å². The van der Waals surface area contributed by atoms with Gasteiger partial charge in [0.25, 0.3) is 0 Å². The number of halogens is 2. The fraction of sp³-hybridized carbons (Fsp3) is 0.652. The number of carbonyl (C=O) groups is 2. The molecule has 0 atom stereocenters. The summed E-state index contributed by atoms with van der Waals surface area (Å²) in [5.74, 6) is -0.119. The van der Waals surface area contributed by atoms with Gasteiger partial charge in [0.05, 0.1) is 13.1 Å². The third-order valence-electron chi connectivity index (χ3n) is 5.87. The van der Waals surface area contributed by atoms with Crippen molar-refractivity contribution in [2.45, 2.75) is 32.9 Å². The Kier molecular flexibility index (Phi) is 8.49. The lowest BCUT2D eigenvalue weighted by atomic mass is 10.1. The molecule has 0 bridgehead atoms. The van der Waals surface area contributed by atoms with E-state index in [1.807, 2.05) is 25.7 Å². The van der Waals surface area contributed by atoms with Crippen LogP contribution in [0.25, 0.3) is 0 Å². The van der Waals surface area contributed by atoms with Gasteiger partial charge in [0.1, 0.15) is 5.82 Å². The lowest BCUT2D eigenvalue weighted by molar-refractivity contribution is -0.135. The highest BCUT2D eigenvalue weighted by Gasteiger charge is 2.26. The van der Waals surface area contributed by atoms with E-state index in [0.29, 0.717) is 56.4 Å². The third kappa shape index (κ3) is 7.40. The normalized spacial score (nSPS) is 19.2. The van der Waals surface area contributed by atoms with E-state index in [4.69, 9.17) is 11.6 Å². The fourth-order valence-corrected chi connectivity index (χ4v) is 4.34. The average molecular weight is 468 g/mol. The zero-order chi connectivity index (χ0) is 23.3. The minimum Gasteiger partial charge on any atom is -0.350 e. The molecule has 0 aromatic heterocycles. The molecule has 178 valence electrons. The van der Waals surface area contributed by atoms with Crippen LogP contribution in [0.1, 0.15) is 26.3 Å². The second-order valence-electron chi connectivity index (χ2n) is 9.71. The first-order valence-electron chi connectivity index (χ1n) is 11.3. The molecule has 2 heterocycles. The summed E-state index contributed by atoms with van der Waals surface area (Å²) in [4.78, 5) is 33.2. The van der Waals surface area contributed by atoms with Gasteiger partial charge in [0, 0.05) is 75.0 Å². The van der Waals surface area contributed by atoms with Crippen molar-refractivity contribution >= 4 is 23.4 Å². The molecule has 32 heavy (non-hydrogen) atoms. The molecule has 0 aliphatic carbocycles. The predicted octanol–water partition coefficient (Wildman–Crippen LogP) is 1.66. The van der Waals surface area contributed by atoms with Gasteiger partial charge in [-0.25, -0.2) is 4.39 Å². The van der Waals surface area contributed by atoms with Crippen molar-refractivity contribution in [3.63, 3.8) is 0 Å². The van der Waals surface area contributed by atoms with Crippen molar-refractivity contribution in [3.8, 4) is 0 Å². The summed E-state index contributed by atoms with van der Waals surface area (Å²) < 4.78 is 14.0. The maximum Gasteiger partial charge on any atom is 0.236 e. The topological polar surface area (TPSA) is 59.1 Å². The molecule has 1 N–H and O–H groups in total. The molecule has 0 radical (unpaired) electrons. The Morgan fingerprint density at radius 2 is 1.50 bits per heavy atom. The first-order valence-corrected chi connectivity index (χ1v) is 11.7. The van der Waals surface area contributed by atoms with Crippen LogP contribution in [-0.4, -0.2) is 102 Å². The van der Waals surface area contributed by atoms with E-state index < -0.39 is 0 Å². The minimum atomic E-state index is -0.273. The monoisotopic (exact) mass is 467 g/mol.